The van der Waals surface area contributed by atoms with Crippen LogP contribution in [0.5, 0.6) is 5.75 Å². The molecule has 28 heavy (non-hydrogen) atoms. The number of para-hydroxylation sites is 1. The van der Waals surface area contributed by atoms with Crippen molar-refractivity contribution in [2.75, 3.05) is 13.7 Å². The van der Waals surface area contributed by atoms with E-state index in [1.807, 2.05) is 67.4 Å². The molecule has 6 heteroatoms. The maximum atomic E-state index is 13.3. The van der Waals surface area contributed by atoms with E-state index < -0.39 is 0 Å². The minimum atomic E-state index is 0.0301. The Bertz CT molecular complexity index is 992. The lowest BCUT2D eigenvalue weighted by atomic mass is 10.0. The third kappa shape index (κ3) is 3.26. The molecule has 1 aliphatic rings. The summed E-state index contributed by atoms with van der Waals surface area (Å²) in [5.74, 6) is 2.33. The lowest BCUT2D eigenvalue weighted by Gasteiger charge is -2.26. The number of aromatic nitrogens is 3. The molecule has 1 amide bonds. The Balaban J connectivity index is 1.64. The predicted molar refractivity (Wildman–Crippen MR) is 107 cm³/mol. The first-order chi connectivity index (χ1) is 13.6. The molecule has 0 saturated carbocycles. The van der Waals surface area contributed by atoms with E-state index in [1.165, 1.54) is 0 Å². The Morgan fingerprint density at radius 1 is 1.18 bits per heavy atom. The van der Waals surface area contributed by atoms with Gasteiger partial charge in [0, 0.05) is 30.3 Å². The highest BCUT2D eigenvalue weighted by Crippen LogP contribution is 2.37. The molecule has 4 rings (SSSR count). The van der Waals surface area contributed by atoms with Crippen LogP contribution in [0.2, 0.25) is 0 Å². The number of likely N-dealkylation sites (tertiary alicyclic amines) is 1. The summed E-state index contributed by atoms with van der Waals surface area (Å²) in [6.45, 7) is 2.65. The van der Waals surface area contributed by atoms with Crippen molar-refractivity contribution in [1.82, 2.24) is 19.7 Å². The summed E-state index contributed by atoms with van der Waals surface area (Å²) in [4.78, 5) is 19.8. The Morgan fingerprint density at radius 2 is 2.00 bits per heavy atom. The van der Waals surface area contributed by atoms with Gasteiger partial charge in [-0.05, 0) is 38.0 Å². The summed E-state index contributed by atoms with van der Waals surface area (Å²) in [5.41, 5.74) is 2.57. The third-order valence-electron chi connectivity index (χ3n) is 5.36. The van der Waals surface area contributed by atoms with E-state index >= 15 is 0 Å². The number of carbonyl (C=O) groups excluding carboxylic acids is 1. The maximum absolute atomic E-state index is 13.3. The fraction of sp³-hybridized carbons (Fsp3) is 0.318. The van der Waals surface area contributed by atoms with Crippen LogP contribution >= 0.6 is 0 Å². The molecular formula is C22H24N4O2. The lowest BCUT2D eigenvalue weighted by Crippen LogP contribution is -2.30. The van der Waals surface area contributed by atoms with Crippen LogP contribution in [0.25, 0.3) is 11.4 Å². The number of nitrogens with zero attached hydrogens (tertiary/aromatic N) is 4. The molecule has 1 atom stereocenters. The second-order valence-electron chi connectivity index (χ2n) is 7.09. The van der Waals surface area contributed by atoms with E-state index in [2.05, 4.69) is 10.1 Å². The van der Waals surface area contributed by atoms with Crippen LogP contribution in [0.1, 0.15) is 40.6 Å². The summed E-state index contributed by atoms with van der Waals surface area (Å²) in [6.07, 6.45) is 1.92. The van der Waals surface area contributed by atoms with E-state index in [0.29, 0.717) is 11.4 Å². The van der Waals surface area contributed by atoms with Gasteiger partial charge in [-0.1, -0.05) is 30.3 Å². The van der Waals surface area contributed by atoms with Gasteiger partial charge in [-0.3, -0.25) is 9.48 Å². The average Bonchev–Trinajstić information content (AvgIpc) is 3.34. The number of methoxy groups -OCH3 is 1. The molecule has 0 spiro atoms. The van der Waals surface area contributed by atoms with Gasteiger partial charge in [-0.15, -0.1) is 0 Å². The van der Waals surface area contributed by atoms with E-state index in [9.17, 15) is 4.79 Å². The minimum Gasteiger partial charge on any atom is -0.496 e. The molecule has 1 fully saturated rings. The van der Waals surface area contributed by atoms with Crippen molar-refractivity contribution < 1.29 is 9.53 Å². The van der Waals surface area contributed by atoms with Crippen LogP contribution in [0.3, 0.4) is 0 Å². The number of ether oxygens (including phenoxy) is 1. The number of amides is 1. The Morgan fingerprint density at radius 3 is 2.75 bits per heavy atom. The molecule has 6 nitrogen and oxygen atoms in total. The number of hydrogen-bond donors (Lipinski definition) is 0. The van der Waals surface area contributed by atoms with Crippen LogP contribution < -0.4 is 4.74 Å². The smallest absolute Gasteiger partial charge is 0.254 e. The summed E-state index contributed by atoms with van der Waals surface area (Å²) in [6, 6.07) is 15.5. The highest BCUT2D eigenvalue weighted by atomic mass is 16.5. The fourth-order valence-electron chi connectivity index (χ4n) is 3.82. The van der Waals surface area contributed by atoms with Crippen molar-refractivity contribution >= 4 is 5.91 Å². The molecular weight excluding hydrogens is 352 g/mol. The van der Waals surface area contributed by atoms with Gasteiger partial charge in [-0.25, -0.2) is 4.98 Å². The third-order valence-corrected chi connectivity index (χ3v) is 5.36. The Labute approximate surface area is 164 Å². The monoisotopic (exact) mass is 376 g/mol. The standard InChI is InChI=1S/C22H24N4O2/c1-15-23-21(24-25(15)2)16-8-6-9-17(14-16)22(27)26-13-7-11-19(26)18-10-4-5-12-20(18)28-3/h4-6,8-10,12,14,19H,7,11,13H2,1-3H3. The van der Waals surface area contributed by atoms with Crippen molar-refractivity contribution in [2.45, 2.75) is 25.8 Å². The minimum absolute atomic E-state index is 0.0301. The zero-order valence-electron chi connectivity index (χ0n) is 16.4. The molecule has 0 N–H and O–H groups in total. The van der Waals surface area contributed by atoms with Gasteiger partial charge in [0.25, 0.3) is 5.91 Å². The molecule has 3 aromatic rings. The first kappa shape index (κ1) is 18.2. The molecule has 144 valence electrons. The van der Waals surface area contributed by atoms with E-state index in [1.54, 1.807) is 11.8 Å². The number of benzene rings is 2. The topological polar surface area (TPSA) is 60.2 Å². The first-order valence-electron chi connectivity index (χ1n) is 9.50. The zero-order chi connectivity index (χ0) is 19.7. The largest absolute Gasteiger partial charge is 0.496 e. The molecule has 1 aromatic heterocycles. The first-order valence-corrected chi connectivity index (χ1v) is 9.50. The van der Waals surface area contributed by atoms with Crippen LogP contribution in [0.15, 0.2) is 48.5 Å². The van der Waals surface area contributed by atoms with E-state index in [-0.39, 0.29) is 11.9 Å². The second-order valence-corrected chi connectivity index (χ2v) is 7.09. The summed E-state index contributed by atoms with van der Waals surface area (Å²) in [7, 11) is 3.54. The van der Waals surface area contributed by atoms with Gasteiger partial charge in [0.1, 0.15) is 11.6 Å². The summed E-state index contributed by atoms with van der Waals surface area (Å²) >= 11 is 0. The van der Waals surface area contributed by atoms with Gasteiger partial charge >= 0.3 is 0 Å². The van der Waals surface area contributed by atoms with Crippen molar-refractivity contribution in [3.8, 4) is 17.1 Å². The van der Waals surface area contributed by atoms with Crippen LogP contribution in [0.4, 0.5) is 0 Å². The quantitative estimate of drug-likeness (QED) is 0.695. The van der Waals surface area contributed by atoms with Gasteiger partial charge in [0.05, 0.1) is 13.2 Å². The summed E-state index contributed by atoms with van der Waals surface area (Å²) in [5, 5.41) is 4.43. The van der Waals surface area contributed by atoms with Gasteiger partial charge in [0.15, 0.2) is 5.82 Å². The van der Waals surface area contributed by atoms with Crippen LogP contribution in [0, 0.1) is 6.92 Å². The van der Waals surface area contributed by atoms with Crippen molar-refractivity contribution in [3.05, 3.63) is 65.5 Å². The SMILES string of the molecule is COc1ccccc1C1CCCN1C(=O)c1cccc(-c2nc(C)n(C)n2)c1. The molecule has 1 unspecified atom stereocenters. The van der Waals surface area contributed by atoms with Crippen molar-refractivity contribution in [1.29, 1.82) is 0 Å². The molecule has 2 heterocycles. The van der Waals surface area contributed by atoms with E-state index in [0.717, 1.165) is 42.1 Å². The zero-order valence-corrected chi connectivity index (χ0v) is 16.4. The number of hydrogen-bond acceptors (Lipinski definition) is 4. The maximum Gasteiger partial charge on any atom is 0.254 e. The summed E-state index contributed by atoms with van der Waals surface area (Å²) < 4.78 is 7.26. The Hall–Kier alpha value is -3.15. The Kier molecular flexibility index (Phi) is 4.86. The van der Waals surface area contributed by atoms with Crippen LogP contribution in [-0.4, -0.2) is 39.2 Å². The fourth-order valence-corrected chi connectivity index (χ4v) is 3.82. The normalized spacial score (nSPS) is 16.4. The van der Waals surface area contributed by atoms with Gasteiger partial charge in [0.2, 0.25) is 0 Å². The van der Waals surface area contributed by atoms with Gasteiger partial charge in [-0.2, -0.15) is 5.10 Å². The van der Waals surface area contributed by atoms with Crippen LogP contribution in [-0.2, 0) is 7.05 Å². The van der Waals surface area contributed by atoms with Crippen molar-refractivity contribution in [3.63, 3.8) is 0 Å². The lowest BCUT2D eigenvalue weighted by molar-refractivity contribution is 0.0734. The van der Waals surface area contributed by atoms with Gasteiger partial charge < -0.3 is 9.64 Å². The number of rotatable bonds is 4. The average molecular weight is 376 g/mol. The van der Waals surface area contributed by atoms with Crippen molar-refractivity contribution in [2.24, 2.45) is 7.05 Å². The predicted octanol–water partition coefficient (Wildman–Crippen LogP) is 3.78. The molecule has 1 saturated heterocycles. The van der Waals surface area contributed by atoms with E-state index in [4.69, 9.17) is 4.74 Å². The molecule has 2 aromatic carbocycles. The highest BCUT2D eigenvalue weighted by Gasteiger charge is 2.32. The second kappa shape index (κ2) is 7.46. The number of carbonyl (C=O) groups is 1. The molecule has 0 radical (unpaired) electrons. The molecule has 0 aliphatic carbocycles. The number of aryl methyl sites for hydroxylation is 2. The molecule has 1 aliphatic heterocycles. The molecule has 0 bridgehead atoms. The highest BCUT2D eigenvalue weighted by molar-refractivity contribution is 5.95.